The van der Waals surface area contributed by atoms with Crippen molar-refractivity contribution < 1.29 is 4.39 Å². The number of aromatic nitrogens is 2. The van der Waals surface area contributed by atoms with Crippen molar-refractivity contribution >= 4 is 0 Å². The Labute approximate surface area is 113 Å². The van der Waals surface area contributed by atoms with Gasteiger partial charge in [0.2, 0.25) is 0 Å². The second-order valence-corrected chi connectivity index (χ2v) is 5.22. The summed E-state index contributed by atoms with van der Waals surface area (Å²) >= 11 is 0. The van der Waals surface area contributed by atoms with Crippen LogP contribution in [-0.4, -0.2) is 16.5 Å². The number of nitrogens with zero attached hydrogens (tertiary/aromatic N) is 1. The van der Waals surface area contributed by atoms with Crippen LogP contribution in [0.4, 0.5) is 4.39 Å². The van der Waals surface area contributed by atoms with Crippen molar-refractivity contribution in [2.24, 2.45) is 11.7 Å². The third-order valence-corrected chi connectivity index (χ3v) is 3.19. The molecule has 102 valence electrons. The lowest BCUT2D eigenvalue weighted by atomic mass is 9.97. The highest BCUT2D eigenvalue weighted by atomic mass is 19.1. The summed E-state index contributed by atoms with van der Waals surface area (Å²) < 4.78 is 13.7. The van der Waals surface area contributed by atoms with Crippen LogP contribution in [0, 0.1) is 11.7 Å². The van der Waals surface area contributed by atoms with Crippen LogP contribution in [0.25, 0.3) is 11.3 Å². The van der Waals surface area contributed by atoms with E-state index < -0.39 is 0 Å². The standard InChI is InChI=1S/C15H20FN3/c1-10(2)7-11(8-17)15-18-9-14(19-15)12-5-3-4-6-13(12)16/h3-6,9-11H,7-8,17H2,1-2H3,(H,18,19). The fourth-order valence-corrected chi connectivity index (χ4v) is 2.25. The second kappa shape index (κ2) is 5.97. The number of H-pyrrole nitrogens is 1. The molecule has 0 aliphatic carbocycles. The van der Waals surface area contributed by atoms with Gasteiger partial charge in [-0.25, -0.2) is 9.37 Å². The normalized spacial score (nSPS) is 12.9. The molecule has 0 aliphatic heterocycles. The van der Waals surface area contributed by atoms with Crippen LogP contribution in [0.3, 0.4) is 0 Å². The minimum absolute atomic E-state index is 0.195. The Morgan fingerprint density at radius 2 is 2.05 bits per heavy atom. The van der Waals surface area contributed by atoms with Crippen LogP contribution in [0.2, 0.25) is 0 Å². The maximum atomic E-state index is 13.7. The molecule has 0 radical (unpaired) electrons. The second-order valence-electron chi connectivity index (χ2n) is 5.22. The first-order valence-corrected chi connectivity index (χ1v) is 6.61. The molecule has 1 unspecified atom stereocenters. The van der Waals surface area contributed by atoms with Gasteiger partial charge < -0.3 is 10.7 Å². The number of aromatic amines is 1. The summed E-state index contributed by atoms with van der Waals surface area (Å²) in [7, 11) is 0. The Bertz CT molecular complexity index is 534. The predicted molar refractivity (Wildman–Crippen MR) is 75.2 cm³/mol. The van der Waals surface area contributed by atoms with Crippen molar-refractivity contribution in [2.45, 2.75) is 26.2 Å². The first kappa shape index (κ1) is 13.7. The third-order valence-electron chi connectivity index (χ3n) is 3.19. The average Bonchev–Trinajstić information content (AvgIpc) is 2.85. The summed E-state index contributed by atoms with van der Waals surface area (Å²) in [6.45, 7) is 4.86. The van der Waals surface area contributed by atoms with E-state index in [0.717, 1.165) is 12.2 Å². The molecule has 0 spiro atoms. The van der Waals surface area contributed by atoms with Crippen molar-refractivity contribution in [3.05, 3.63) is 42.1 Å². The summed E-state index contributed by atoms with van der Waals surface area (Å²) in [5.41, 5.74) is 7.04. The zero-order valence-electron chi connectivity index (χ0n) is 11.4. The number of rotatable bonds is 5. The lowest BCUT2D eigenvalue weighted by molar-refractivity contribution is 0.490. The Balaban J connectivity index is 2.26. The Morgan fingerprint density at radius 1 is 1.32 bits per heavy atom. The molecular weight excluding hydrogens is 241 g/mol. The van der Waals surface area contributed by atoms with Gasteiger partial charge in [-0.15, -0.1) is 0 Å². The van der Waals surface area contributed by atoms with Crippen molar-refractivity contribution in [3.8, 4) is 11.3 Å². The van der Waals surface area contributed by atoms with Crippen molar-refractivity contribution in [2.75, 3.05) is 6.54 Å². The molecule has 19 heavy (non-hydrogen) atoms. The molecule has 0 saturated heterocycles. The van der Waals surface area contributed by atoms with Crippen molar-refractivity contribution in [1.29, 1.82) is 0 Å². The number of hydrogen-bond donors (Lipinski definition) is 2. The van der Waals surface area contributed by atoms with Gasteiger partial charge in [0, 0.05) is 18.0 Å². The van der Waals surface area contributed by atoms with E-state index in [0.29, 0.717) is 23.7 Å². The molecule has 0 amide bonds. The first-order chi connectivity index (χ1) is 9.11. The lowest BCUT2D eigenvalue weighted by Crippen LogP contribution is -2.16. The van der Waals surface area contributed by atoms with E-state index in [1.165, 1.54) is 6.07 Å². The molecule has 2 rings (SSSR count). The average molecular weight is 261 g/mol. The van der Waals surface area contributed by atoms with Gasteiger partial charge in [-0.1, -0.05) is 26.0 Å². The zero-order chi connectivity index (χ0) is 13.8. The third kappa shape index (κ3) is 3.20. The van der Waals surface area contributed by atoms with Crippen LogP contribution < -0.4 is 5.73 Å². The summed E-state index contributed by atoms with van der Waals surface area (Å²) in [5.74, 6) is 1.34. The Morgan fingerprint density at radius 3 is 2.68 bits per heavy atom. The molecule has 0 fully saturated rings. The molecule has 3 nitrogen and oxygen atoms in total. The molecule has 1 heterocycles. The maximum Gasteiger partial charge on any atom is 0.132 e. The Kier molecular flexibility index (Phi) is 4.32. The summed E-state index contributed by atoms with van der Waals surface area (Å²) in [6, 6.07) is 6.68. The van der Waals surface area contributed by atoms with Crippen LogP contribution in [0.1, 0.15) is 32.0 Å². The molecule has 1 atom stereocenters. The van der Waals surface area contributed by atoms with E-state index in [1.54, 1.807) is 18.3 Å². The minimum Gasteiger partial charge on any atom is -0.342 e. The van der Waals surface area contributed by atoms with Gasteiger partial charge in [0.25, 0.3) is 0 Å². The van der Waals surface area contributed by atoms with Crippen molar-refractivity contribution in [1.82, 2.24) is 9.97 Å². The molecule has 0 aliphatic rings. The number of nitrogens with two attached hydrogens (primary N) is 1. The molecule has 3 N–H and O–H groups in total. The van der Waals surface area contributed by atoms with Gasteiger partial charge in [-0.05, 0) is 24.5 Å². The van der Waals surface area contributed by atoms with E-state index >= 15 is 0 Å². The molecule has 0 bridgehead atoms. The minimum atomic E-state index is -0.245. The van der Waals surface area contributed by atoms with E-state index in [4.69, 9.17) is 5.73 Å². The predicted octanol–water partition coefficient (Wildman–Crippen LogP) is 3.30. The highest BCUT2D eigenvalue weighted by Crippen LogP contribution is 2.25. The van der Waals surface area contributed by atoms with Gasteiger partial charge >= 0.3 is 0 Å². The van der Waals surface area contributed by atoms with Gasteiger partial charge in [-0.3, -0.25) is 0 Å². The van der Waals surface area contributed by atoms with Crippen molar-refractivity contribution in [3.63, 3.8) is 0 Å². The number of benzene rings is 1. The van der Waals surface area contributed by atoms with Crippen LogP contribution in [0.15, 0.2) is 30.5 Å². The SMILES string of the molecule is CC(C)CC(CN)c1ncc(-c2ccccc2F)[nH]1. The smallest absolute Gasteiger partial charge is 0.132 e. The van der Waals surface area contributed by atoms with Crippen LogP contribution in [0.5, 0.6) is 0 Å². The fourth-order valence-electron chi connectivity index (χ4n) is 2.25. The maximum absolute atomic E-state index is 13.7. The first-order valence-electron chi connectivity index (χ1n) is 6.61. The van der Waals surface area contributed by atoms with E-state index in [9.17, 15) is 4.39 Å². The summed E-state index contributed by atoms with van der Waals surface area (Å²) in [6.07, 6.45) is 2.65. The molecule has 0 saturated carbocycles. The highest BCUT2D eigenvalue weighted by Gasteiger charge is 2.16. The number of hydrogen-bond acceptors (Lipinski definition) is 2. The highest BCUT2D eigenvalue weighted by molar-refractivity contribution is 5.59. The van der Waals surface area contributed by atoms with Gasteiger partial charge in [0.05, 0.1) is 11.9 Å². The van der Waals surface area contributed by atoms with Gasteiger partial charge in [0.15, 0.2) is 0 Å². The largest absolute Gasteiger partial charge is 0.342 e. The zero-order valence-corrected chi connectivity index (χ0v) is 11.4. The number of halogens is 1. The lowest BCUT2D eigenvalue weighted by Gasteiger charge is -2.14. The summed E-state index contributed by atoms with van der Waals surface area (Å²) in [4.78, 5) is 7.55. The Hall–Kier alpha value is -1.68. The topological polar surface area (TPSA) is 54.7 Å². The quantitative estimate of drug-likeness (QED) is 0.867. The fraction of sp³-hybridized carbons (Fsp3) is 0.400. The van der Waals surface area contributed by atoms with E-state index in [-0.39, 0.29) is 11.7 Å². The monoisotopic (exact) mass is 261 g/mol. The van der Waals surface area contributed by atoms with Crippen LogP contribution in [-0.2, 0) is 0 Å². The summed E-state index contributed by atoms with van der Waals surface area (Å²) in [5, 5.41) is 0. The number of imidazole rings is 1. The van der Waals surface area contributed by atoms with E-state index in [1.807, 2.05) is 6.07 Å². The molecule has 1 aromatic heterocycles. The molecule has 4 heteroatoms. The van der Waals surface area contributed by atoms with Gasteiger partial charge in [-0.2, -0.15) is 0 Å². The van der Waals surface area contributed by atoms with E-state index in [2.05, 4.69) is 23.8 Å². The van der Waals surface area contributed by atoms with Crippen LogP contribution >= 0.6 is 0 Å². The molecule has 1 aromatic carbocycles. The molecule has 2 aromatic rings. The molecular formula is C15H20FN3. The number of nitrogens with one attached hydrogen (secondary N) is 1. The van der Waals surface area contributed by atoms with Gasteiger partial charge in [0.1, 0.15) is 11.6 Å².